The standard InChI is InChI=1S/C19H16F3N3O2S/c20-19(21,22)16-11-15(13-5-2-1-3-6-13)24-18(25-16)28-10-8-17(26)23-12-14-7-4-9-27-14/h1-7,9,11H,8,10,12H2,(H,23,26). The number of hydrogen-bond acceptors (Lipinski definition) is 5. The van der Waals surface area contributed by atoms with E-state index in [-0.39, 0.29) is 35.5 Å². The Bertz CT molecular complexity index is 916. The number of nitrogens with one attached hydrogen (secondary N) is 1. The molecule has 0 spiro atoms. The molecule has 0 aliphatic heterocycles. The molecular formula is C19H16F3N3O2S. The normalized spacial score (nSPS) is 11.4. The van der Waals surface area contributed by atoms with Gasteiger partial charge in [0.05, 0.1) is 18.5 Å². The topological polar surface area (TPSA) is 68.0 Å². The number of rotatable bonds is 7. The van der Waals surface area contributed by atoms with Gasteiger partial charge in [-0.05, 0) is 18.2 Å². The highest BCUT2D eigenvalue weighted by molar-refractivity contribution is 7.99. The average molecular weight is 407 g/mol. The van der Waals surface area contributed by atoms with Gasteiger partial charge in [-0.15, -0.1) is 0 Å². The lowest BCUT2D eigenvalue weighted by Gasteiger charge is -2.10. The molecule has 28 heavy (non-hydrogen) atoms. The van der Waals surface area contributed by atoms with Crippen LogP contribution in [0, 0.1) is 0 Å². The van der Waals surface area contributed by atoms with Crippen LogP contribution in [0.25, 0.3) is 11.3 Å². The zero-order chi connectivity index (χ0) is 20.0. The monoisotopic (exact) mass is 407 g/mol. The molecule has 146 valence electrons. The van der Waals surface area contributed by atoms with E-state index in [0.717, 1.165) is 17.8 Å². The summed E-state index contributed by atoms with van der Waals surface area (Å²) in [5.74, 6) is 0.633. The Hall–Kier alpha value is -2.81. The summed E-state index contributed by atoms with van der Waals surface area (Å²) in [7, 11) is 0. The molecule has 0 aliphatic carbocycles. The Morgan fingerprint density at radius 2 is 1.89 bits per heavy atom. The van der Waals surface area contributed by atoms with Crippen LogP contribution in [-0.2, 0) is 17.5 Å². The van der Waals surface area contributed by atoms with Crippen LogP contribution in [0.3, 0.4) is 0 Å². The number of furan rings is 1. The lowest BCUT2D eigenvalue weighted by Crippen LogP contribution is -2.22. The van der Waals surface area contributed by atoms with E-state index >= 15 is 0 Å². The molecule has 0 saturated heterocycles. The van der Waals surface area contributed by atoms with Crippen LogP contribution in [0.4, 0.5) is 13.2 Å². The molecule has 3 rings (SSSR count). The van der Waals surface area contributed by atoms with Gasteiger partial charge in [-0.3, -0.25) is 4.79 Å². The van der Waals surface area contributed by atoms with Gasteiger partial charge in [0.1, 0.15) is 11.5 Å². The summed E-state index contributed by atoms with van der Waals surface area (Å²) in [4.78, 5) is 19.7. The molecule has 1 amide bonds. The van der Waals surface area contributed by atoms with E-state index < -0.39 is 11.9 Å². The number of amides is 1. The van der Waals surface area contributed by atoms with Crippen LogP contribution in [0.2, 0.25) is 0 Å². The molecule has 0 radical (unpaired) electrons. The number of aromatic nitrogens is 2. The summed E-state index contributed by atoms with van der Waals surface area (Å²) >= 11 is 1.00. The van der Waals surface area contributed by atoms with Gasteiger partial charge in [-0.1, -0.05) is 42.1 Å². The Kier molecular flexibility index (Phi) is 6.35. The number of benzene rings is 1. The molecule has 1 N–H and O–H groups in total. The number of carbonyl (C=O) groups excluding carboxylic acids is 1. The second kappa shape index (κ2) is 8.92. The van der Waals surface area contributed by atoms with Gasteiger partial charge in [0.25, 0.3) is 0 Å². The third-order valence-corrected chi connectivity index (χ3v) is 4.51. The van der Waals surface area contributed by atoms with Crippen LogP contribution in [0.5, 0.6) is 0 Å². The maximum Gasteiger partial charge on any atom is 0.433 e. The Balaban J connectivity index is 1.64. The summed E-state index contributed by atoms with van der Waals surface area (Å²) in [6.45, 7) is 0.259. The lowest BCUT2D eigenvalue weighted by atomic mass is 10.1. The fourth-order valence-electron chi connectivity index (χ4n) is 2.31. The van der Waals surface area contributed by atoms with Crippen molar-refractivity contribution in [2.45, 2.75) is 24.3 Å². The van der Waals surface area contributed by atoms with Crippen LogP contribution in [0.1, 0.15) is 17.9 Å². The van der Waals surface area contributed by atoms with Crippen LogP contribution < -0.4 is 5.32 Å². The van der Waals surface area contributed by atoms with Gasteiger partial charge in [0.15, 0.2) is 5.16 Å². The van der Waals surface area contributed by atoms with E-state index in [1.807, 2.05) is 0 Å². The minimum Gasteiger partial charge on any atom is -0.467 e. The number of halogens is 3. The van der Waals surface area contributed by atoms with Crippen molar-refractivity contribution in [2.24, 2.45) is 0 Å². The van der Waals surface area contributed by atoms with Crippen LogP contribution in [-0.4, -0.2) is 21.6 Å². The number of carbonyl (C=O) groups is 1. The van der Waals surface area contributed by atoms with E-state index in [2.05, 4.69) is 15.3 Å². The first-order valence-electron chi connectivity index (χ1n) is 8.35. The van der Waals surface area contributed by atoms with Gasteiger partial charge in [0.2, 0.25) is 5.91 Å². The first-order valence-corrected chi connectivity index (χ1v) is 9.34. The van der Waals surface area contributed by atoms with Crippen LogP contribution >= 0.6 is 11.8 Å². The quantitative estimate of drug-likeness (QED) is 0.460. The van der Waals surface area contributed by atoms with Gasteiger partial charge < -0.3 is 9.73 Å². The van der Waals surface area contributed by atoms with Crippen molar-refractivity contribution < 1.29 is 22.4 Å². The largest absolute Gasteiger partial charge is 0.467 e. The molecule has 3 aromatic rings. The second-order valence-corrected chi connectivity index (χ2v) is 6.80. The zero-order valence-electron chi connectivity index (χ0n) is 14.6. The van der Waals surface area contributed by atoms with Gasteiger partial charge >= 0.3 is 6.18 Å². The number of hydrogen-bond donors (Lipinski definition) is 1. The Labute approximate surface area is 163 Å². The minimum absolute atomic E-state index is 0.0208. The third kappa shape index (κ3) is 5.59. The Morgan fingerprint density at radius 3 is 2.57 bits per heavy atom. The number of nitrogens with zero attached hydrogens (tertiary/aromatic N) is 2. The van der Waals surface area contributed by atoms with E-state index in [9.17, 15) is 18.0 Å². The fourth-order valence-corrected chi connectivity index (χ4v) is 3.11. The van der Waals surface area contributed by atoms with E-state index in [4.69, 9.17) is 4.42 Å². The summed E-state index contributed by atoms with van der Waals surface area (Å²) in [6.07, 6.45) is -2.96. The second-order valence-electron chi connectivity index (χ2n) is 5.74. The highest BCUT2D eigenvalue weighted by Gasteiger charge is 2.33. The molecule has 0 aliphatic rings. The highest BCUT2D eigenvalue weighted by Crippen LogP contribution is 2.32. The maximum absolute atomic E-state index is 13.2. The molecule has 0 bridgehead atoms. The predicted molar refractivity (Wildman–Crippen MR) is 98.4 cm³/mol. The van der Waals surface area contributed by atoms with Crippen LogP contribution in [0.15, 0.2) is 64.4 Å². The van der Waals surface area contributed by atoms with Crippen molar-refractivity contribution in [1.82, 2.24) is 15.3 Å². The van der Waals surface area contributed by atoms with Crippen molar-refractivity contribution in [1.29, 1.82) is 0 Å². The predicted octanol–water partition coefficient (Wildman–Crippen LogP) is 4.55. The SMILES string of the molecule is O=C(CCSc1nc(-c2ccccc2)cc(C(F)(F)F)n1)NCc1ccco1. The van der Waals surface area contributed by atoms with E-state index in [1.165, 1.54) is 6.26 Å². The number of alkyl halides is 3. The van der Waals surface area contributed by atoms with Crippen molar-refractivity contribution in [2.75, 3.05) is 5.75 Å². The molecule has 0 saturated carbocycles. The first kappa shape index (κ1) is 19.9. The van der Waals surface area contributed by atoms with E-state index in [1.54, 1.807) is 42.5 Å². The molecular weight excluding hydrogens is 391 g/mol. The summed E-state index contributed by atoms with van der Waals surface area (Å²) in [6, 6.07) is 12.9. The fraction of sp³-hybridized carbons (Fsp3) is 0.211. The summed E-state index contributed by atoms with van der Waals surface area (Å²) in [5.41, 5.74) is -0.257. The molecule has 2 heterocycles. The lowest BCUT2D eigenvalue weighted by molar-refractivity contribution is -0.141. The average Bonchev–Trinajstić information content (AvgIpc) is 3.20. The molecule has 5 nitrogen and oxygen atoms in total. The first-order chi connectivity index (χ1) is 13.4. The number of thioether (sulfide) groups is 1. The van der Waals surface area contributed by atoms with Crippen molar-refractivity contribution in [3.63, 3.8) is 0 Å². The van der Waals surface area contributed by atoms with Gasteiger partial charge in [0, 0.05) is 17.7 Å². The van der Waals surface area contributed by atoms with Crippen molar-refractivity contribution in [3.8, 4) is 11.3 Å². The summed E-state index contributed by atoms with van der Waals surface area (Å²) < 4.78 is 44.6. The molecule has 2 aromatic heterocycles. The third-order valence-electron chi connectivity index (χ3n) is 3.67. The molecule has 1 aromatic carbocycles. The zero-order valence-corrected chi connectivity index (χ0v) is 15.4. The van der Waals surface area contributed by atoms with E-state index in [0.29, 0.717) is 11.3 Å². The van der Waals surface area contributed by atoms with Crippen molar-refractivity contribution in [3.05, 3.63) is 66.2 Å². The van der Waals surface area contributed by atoms with Gasteiger partial charge in [-0.2, -0.15) is 13.2 Å². The summed E-state index contributed by atoms with van der Waals surface area (Å²) in [5, 5.41) is 2.66. The molecule has 9 heteroatoms. The Morgan fingerprint density at radius 1 is 1.11 bits per heavy atom. The molecule has 0 atom stereocenters. The maximum atomic E-state index is 13.2. The minimum atomic E-state index is -4.58. The highest BCUT2D eigenvalue weighted by atomic mass is 32.2. The van der Waals surface area contributed by atoms with Crippen molar-refractivity contribution >= 4 is 17.7 Å². The van der Waals surface area contributed by atoms with Gasteiger partial charge in [-0.25, -0.2) is 9.97 Å². The smallest absolute Gasteiger partial charge is 0.433 e. The molecule has 0 unspecified atom stereocenters. The molecule has 0 fully saturated rings.